The number of carbonyl (C=O) groups excluding carboxylic acids is 2. The van der Waals surface area contributed by atoms with E-state index in [4.69, 9.17) is 20.7 Å². The molecule has 6 rings (SSSR count). The van der Waals surface area contributed by atoms with E-state index in [2.05, 4.69) is 69.1 Å². The van der Waals surface area contributed by atoms with Crippen LogP contribution in [0.25, 0.3) is 0 Å². The van der Waals surface area contributed by atoms with E-state index < -0.39 is 45.5 Å². The number of aliphatic carboxylic acids is 4. The van der Waals surface area contributed by atoms with Crippen molar-refractivity contribution in [3.63, 3.8) is 0 Å². The van der Waals surface area contributed by atoms with Crippen LogP contribution in [0.1, 0.15) is 236 Å². The topological polar surface area (TPSA) is 254 Å². The minimum Gasteiger partial charge on any atom is -0.550 e. The number of carboxylic acids is 4. The zero-order valence-electron chi connectivity index (χ0n) is 48.7. The molecule has 0 aliphatic heterocycles. The molecule has 14 nitrogen and oxygen atoms in total. The molecule has 75 heavy (non-hydrogen) atoms. The van der Waals surface area contributed by atoms with Crippen molar-refractivity contribution in [1.82, 2.24) is 10.6 Å². The molecule has 0 heterocycles. The van der Waals surface area contributed by atoms with Crippen LogP contribution in [0, 0.1) is 44.3 Å². The molecule has 6 N–H and O–H groups in total. The molecule has 0 atom stereocenters. The molecule has 4 aliphatic rings. The van der Waals surface area contributed by atoms with Gasteiger partial charge in [0.1, 0.15) is 0 Å². The minimum atomic E-state index is -1.01. The summed E-state index contributed by atoms with van der Waals surface area (Å²) in [5, 5.41) is 58.6. The number of amidine groups is 2. The van der Waals surface area contributed by atoms with Gasteiger partial charge in [-0.15, -0.1) is 6.07 Å². The summed E-state index contributed by atoms with van der Waals surface area (Å²) >= 11 is 0. The molecule has 0 radical (unpaired) electrons. The molecule has 0 saturated heterocycles. The Labute approximate surface area is 464 Å². The first-order chi connectivity index (χ1) is 34.4. The van der Waals surface area contributed by atoms with Crippen molar-refractivity contribution in [2.45, 2.75) is 250 Å². The second-order valence-electron chi connectivity index (χ2n) is 23.6. The Balaban J connectivity index is -0.000000870. The largest absolute Gasteiger partial charge is 2.00 e. The van der Waals surface area contributed by atoms with Gasteiger partial charge in [-0.1, -0.05) is 72.8 Å². The Bertz CT molecular complexity index is 1760. The van der Waals surface area contributed by atoms with Crippen molar-refractivity contribution in [3.8, 4) is 12.1 Å². The number of hydrogen-bond acceptors (Lipinski definition) is 8. The second kappa shape index (κ2) is 40.3. The molecule has 4 aliphatic carbocycles. The molecular formula is C60H100FeN6O8. The minimum absolute atomic E-state index is 0. The summed E-state index contributed by atoms with van der Waals surface area (Å²) in [6.45, 7) is 22.4. The van der Waals surface area contributed by atoms with Crippen LogP contribution in [0.5, 0.6) is 0 Å². The Morgan fingerprint density at radius 3 is 1.13 bits per heavy atom. The fourth-order valence-corrected chi connectivity index (χ4v) is 7.30. The Morgan fingerprint density at radius 2 is 0.853 bits per heavy atom. The molecule has 0 bridgehead atoms. The van der Waals surface area contributed by atoms with Crippen LogP contribution in [0.15, 0.2) is 48.5 Å². The van der Waals surface area contributed by atoms with Crippen LogP contribution in [0.4, 0.5) is 0 Å². The molecule has 2 aromatic carbocycles. The SMILES string of the molecule is CC#N.CC#N.CC(C)(C)C(=O)O.CC(C)(C)C(=O)O.CC(C)(C)C(=O)[O-].CC(C)(C)C(=O)[O-].[Fe+2].c1c[cH-]c(C(NC2CCCCC2)=[NH+]C2CCCCC2)c1.c1cc[c-](C(NC2CCCCC2)=[NH+]C2CCCCC2)c1. The van der Waals surface area contributed by atoms with Gasteiger partial charge >= 0.3 is 29.0 Å². The third-order valence-corrected chi connectivity index (χ3v) is 12.2. The fourth-order valence-electron chi connectivity index (χ4n) is 7.30. The van der Waals surface area contributed by atoms with Crippen molar-refractivity contribution in [1.29, 1.82) is 10.5 Å². The van der Waals surface area contributed by atoms with E-state index in [0.29, 0.717) is 24.2 Å². The first-order valence-electron chi connectivity index (χ1n) is 27.2. The average Bonchev–Trinajstić information content (AvgIpc) is 4.07. The van der Waals surface area contributed by atoms with Gasteiger partial charge in [0.25, 0.3) is 0 Å². The molecule has 0 spiro atoms. The van der Waals surface area contributed by atoms with E-state index in [1.807, 2.05) is 0 Å². The van der Waals surface area contributed by atoms with Crippen molar-refractivity contribution >= 4 is 35.5 Å². The maximum Gasteiger partial charge on any atom is 2.00 e. The Morgan fingerprint density at radius 1 is 0.560 bits per heavy atom. The van der Waals surface area contributed by atoms with E-state index in [0.717, 1.165) is 0 Å². The van der Waals surface area contributed by atoms with Gasteiger partial charge in [0.2, 0.25) is 5.84 Å². The maximum atomic E-state index is 10.0. The first-order valence-corrected chi connectivity index (χ1v) is 27.2. The number of nitrogens with zero attached hydrogens (tertiary/aromatic N) is 2. The molecule has 4 fully saturated rings. The van der Waals surface area contributed by atoms with Gasteiger partial charge in [-0.05, 0) is 150 Å². The number of hydrogen-bond donors (Lipinski definition) is 6. The molecular weight excluding hydrogens is 989 g/mol. The summed E-state index contributed by atoms with van der Waals surface area (Å²) < 4.78 is 0. The summed E-state index contributed by atoms with van der Waals surface area (Å²) in [7, 11) is 0. The van der Waals surface area contributed by atoms with Gasteiger partial charge in [-0.3, -0.25) is 19.9 Å². The first kappa shape index (κ1) is 74.3. The molecule has 0 amide bonds. The van der Waals surface area contributed by atoms with Crippen LogP contribution < -0.4 is 30.8 Å². The summed E-state index contributed by atoms with van der Waals surface area (Å²) in [6, 6.07) is 23.6. The van der Waals surface area contributed by atoms with E-state index in [-0.39, 0.29) is 17.1 Å². The quantitative estimate of drug-likeness (QED) is 0.0701. The zero-order valence-corrected chi connectivity index (χ0v) is 49.8. The van der Waals surface area contributed by atoms with Crippen molar-refractivity contribution < 1.29 is 66.7 Å². The molecule has 15 heteroatoms. The smallest absolute Gasteiger partial charge is 0.550 e. The number of rotatable bonds is 6. The Hall–Kier alpha value is -4.98. The van der Waals surface area contributed by atoms with Gasteiger partial charge in [-0.2, -0.15) is 40.9 Å². The van der Waals surface area contributed by atoms with E-state index in [9.17, 15) is 29.4 Å². The van der Waals surface area contributed by atoms with Gasteiger partial charge in [0.05, 0.1) is 47.1 Å². The van der Waals surface area contributed by atoms with Crippen LogP contribution in [-0.2, 0) is 36.2 Å². The normalized spacial score (nSPS) is 16.6. The average molecular weight is 1090 g/mol. The predicted molar refractivity (Wildman–Crippen MR) is 294 cm³/mol. The third kappa shape index (κ3) is 39.1. The van der Waals surface area contributed by atoms with Crippen LogP contribution in [-0.4, -0.2) is 69.9 Å². The maximum absolute atomic E-state index is 10.0. The van der Waals surface area contributed by atoms with Gasteiger partial charge in [0, 0.05) is 36.6 Å². The van der Waals surface area contributed by atoms with E-state index in [1.54, 1.807) is 95.2 Å². The summed E-state index contributed by atoms with van der Waals surface area (Å²) in [5.74, 6) is -0.956. The Kier molecular flexibility index (Phi) is 39.9. The number of nitriles is 2. The summed E-state index contributed by atoms with van der Waals surface area (Å²) in [5.41, 5.74) is 0.113. The van der Waals surface area contributed by atoms with Crippen molar-refractivity contribution in [3.05, 3.63) is 59.7 Å². The van der Waals surface area contributed by atoms with Crippen molar-refractivity contribution in [2.75, 3.05) is 0 Å². The van der Waals surface area contributed by atoms with Crippen LogP contribution >= 0.6 is 0 Å². The van der Waals surface area contributed by atoms with Crippen LogP contribution in [0.2, 0.25) is 0 Å². The summed E-state index contributed by atoms with van der Waals surface area (Å²) in [4.78, 5) is 47.5. The van der Waals surface area contributed by atoms with E-state index >= 15 is 0 Å². The second-order valence-corrected chi connectivity index (χ2v) is 23.6. The molecule has 0 unspecified atom stereocenters. The summed E-state index contributed by atoms with van der Waals surface area (Å²) in [6.07, 6.45) is 27.4. The fraction of sp³-hybridized carbons (Fsp3) is 0.700. The molecule has 4 saturated carbocycles. The van der Waals surface area contributed by atoms with Gasteiger partial charge in [0.15, 0.2) is 5.84 Å². The zero-order chi connectivity index (χ0) is 57.0. The van der Waals surface area contributed by atoms with E-state index in [1.165, 1.54) is 165 Å². The number of carboxylic acid groups (broad SMARTS) is 4. The standard InChI is InChI=1S/2C18H27N2.4C5H10O2.2C2H3N.Fe/c2*1-3-11-16(12-4-1)19-18(15-9-7-8-10-15)20-17-13-5-2-6-14-17;4*1-5(2,3)4(6)7;2*1-2-3;/h2*7-10,16-17H,1-6,11-14H2,(H,19,20);4*1-3H3,(H,6,7);2*1H3;/q2*-1;;;;;;;+2. The third-order valence-electron chi connectivity index (χ3n) is 12.2. The van der Waals surface area contributed by atoms with Crippen LogP contribution in [0.3, 0.4) is 0 Å². The predicted octanol–water partition coefficient (Wildman–Crippen LogP) is 7.83. The molecule has 426 valence electrons. The number of carbonyl (C=O) groups is 4. The monoisotopic (exact) mass is 1090 g/mol. The van der Waals surface area contributed by atoms with Gasteiger partial charge in [-0.25, -0.2) is 12.1 Å². The van der Waals surface area contributed by atoms with Crippen molar-refractivity contribution in [2.24, 2.45) is 21.7 Å². The van der Waals surface area contributed by atoms with Gasteiger partial charge < -0.3 is 40.3 Å². The molecule has 2 aromatic rings. The number of nitrogens with one attached hydrogen (secondary N) is 4. The molecule has 0 aromatic heterocycles.